The van der Waals surface area contributed by atoms with Gasteiger partial charge in [0.25, 0.3) is 5.56 Å². The van der Waals surface area contributed by atoms with Crippen LogP contribution in [0.3, 0.4) is 0 Å². The summed E-state index contributed by atoms with van der Waals surface area (Å²) in [5.74, 6) is 0.624. The van der Waals surface area contributed by atoms with Gasteiger partial charge in [-0.2, -0.15) is 8.78 Å². The van der Waals surface area contributed by atoms with E-state index in [4.69, 9.17) is 9.47 Å². The van der Waals surface area contributed by atoms with E-state index in [9.17, 15) is 18.4 Å². The highest BCUT2D eigenvalue weighted by Crippen LogP contribution is 2.27. The third-order valence-electron chi connectivity index (χ3n) is 7.42. The first-order valence-electron chi connectivity index (χ1n) is 14.1. The molecule has 1 aliphatic rings. The summed E-state index contributed by atoms with van der Waals surface area (Å²) in [5.41, 5.74) is 2.86. The van der Waals surface area contributed by atoms with Crippen molar-refractivity contribution < 1.29 is 23.0 Å². The second kappa shape index (κ2) is 11.7. The van der Waals surface area contributed by atoms with Crippen molar-refractivity contribution in [3.05, 3.63) is 70.3 Å². The van der Waals surface area contributed by atoms with E-state index in [2.05, 4.69) is 9.97 Å². The number of piperazine rings is 1. The molecule has 5 rings (SSSR count). The lowest BCUT2D eigenvalue weighted by molar-refractivity contribution is -0.0505. The lowest BCUT2D eigenvalue weighted by atomic mass is 10.1. The van der Waals surface area contributed by atoms with Gasteiger partial charge in [0.1, 0.15) is 11.4 Å². The Kier molecular flexibility index (Phi) is 8.13. The maximum Gasteiger partial charge on any atom is 0.410 e. The fourth-order valence-corrected chi connectivity index (χ4v) is 5.31. The summed E-state index contributed by atoms with van der Waals surface area (Å²) in [7, 11) is 1.65. The standard InChI is InChI=1S/C31H36F2N6O4/c1-19-7-10-26(42-28(32)33)22(13-19)18-39-25-14-21(8-9-24(25)27(40)36(39)6)23-15-34-29(35-16-23)37-11-12-38(20(2)17-37)30(41)43-31(3,4)5/h7-10,13-16,20,28H,11-12,17-18H2,1-6H3/t20-/m1/s1. The topological polar surface area (TPSA) is 94.7 Å². The average molecular weight is 595 g/mol. The van der Waals surface area contributed by atoms with Gasteiger partial charge in [0, 0.05) is 56.2 Å². The van der Waals surface area contributed by atoms with Gasteiger partial charge in [-0.15, -0.1) is 0 Å². The molecule has 0 spiro atoms. The third-order valence-corrected chi connectivity index (χ3v) is 7.42. The number of halogens is 2. The second-order valence-electron chi connectivity index (χ2n) is 11.8. The Morgan fingerprint density at radius 1 is 1.07 bits per heavy atom. The number of carbonyl (C=O) groups excluding carboxylic acids is 1. The van der Waals surface area contributed by atoms with E-state index in [-0.39, 0.29) is 30.0 Å². The predicted octanol–water partition coefficient (Wildman–Crippen LogP) is 5.20. The van der Waals surface area contributed by atoms with Crippen molar-refractivity contribution in [3.8, 4) is 16.9 Å². The number of benzene rings is 2. The first-order chi connectivity index (χ1) is 20.3. The Morgan fingerprint density at radius 3 is 2.44 bits per heavy atom. The number of amides is 1. The van der Waals surface area contributed by atoms with E-state index in [0.29, 0.717) is 42.0 Å². The fraction of sp³-hybridized carbons (Fsp3) is 0.419. The average Bonchev–Trinajstić information content (AvgIpc) is 3.17. The molecule has 1 amide bonds. The molecule has 1 atom stereocenters. The number of fused-ring (bicyclic) bond motifs is 1. The first-order valence-corrected chi connectivity index (χ1v) is 14.1. The Balaban J connectivity index is 1.38. The summed E-state index contributed by atoms with van der Waals surface area (Å²) >= 11 is 0. The molecule has 0 bridgehead atoms. The normalized spacial score (nSPS) is 15.8. The molecule has 43 heavy (non-hydrogen) atoms. The molecule has 10 nitrogen and oxygen atoms in total. The molecule has 0 aliphatic carbocycles. The minimum Gasteiger partial charge on any atom is -0.444 e. The molecule has 4 aromatic rings. The van der Waals surface area contributed by atoms with Gasteiger partial charge in [0.05, 0.1) is 17.4 Å². The van der Waals surface area contributed by atoms with Crippen LogP contribution in [0.1, 0.15) is 38.8 Å². The van der Waals surface area contributed by atoms with Gasteiger partial charge < -0.3 is 19.3 Å². The monoisotopic (exact) mass is 594 g/mol. The molecular formula is C31H36F2N6O4. The number of anilines is 1. The highest BCUT2D eigenvalue weighted by Gasteiger charge is 2.31. The molecule has 2 aromatic heterocycles. The van der Waals surface area contributed by atoms with E-state index >= 15 is 0 Å². The van der Waals surface area contributed by atoms with Gasteiger partial charge in [-0.1, -0.05) is 23.8 Å². The van der Waals surface area contributed by atoms with Crippen molar-refractivity contribution >= 4 is 22.9 Å². The van der Waals surface area contributed by atoms with Crippen LogP contribution in [0.2, 0.25) is 0 Å². The van der Waals surface area contributed by atoms with Gasteiger partial charge in [-0.3, -0.25) is 14.2 Å². The summed E-state index contributed by atoms with van der Waals surface area (Å²) in [6, 6.07) is 10.4. The van der Waals surface area contributed by atoms with Crippen LogP contribution in [0.15, 0.2) is 53.6 Å². The number of hydrogen-bond acceptors (Lipinski definition) is 7. The molecule has 0 radical (unpaired) electrons. The zero-order valence-corrected chi connectivity index (χ0v) is 25.2. The highest BCUT2D eigenvalue weighted by atomic mass is 19.3. The van der Waals surface area contributed by atoms with Crippen molar-refractivity contribution in [1.82, 2.24) is 24.2 Å². The maximum absolute atomic E-state index is 13.1. The first kappa shape index (κ1) is 30.0. The lowest BCUT2D eigenvalue weighted by Gasteiger charge is -2.40. The van der Waals surface area contributed by atoms with E-state index in [1.165, 1.54) is 10.7 Å². The van der Waals surface area contributed by atoms with Gasteiger partial charge in [0.15, 0.2) is 0 Å². The van der Waals surface area contributed by atoms with Crippen molar-refractivity contribution in [2.45, 2.75) is 59.4 Å². The Labute approximate surface area is 248 Å². The van der Waals surface area contributed by atoms with Crippen LogP contribution in [0, 0.1) is 6.92 Å². The number of rotatable bonds is 6. The van der Waals surface area contributed by atoms with Crippen LogP contribution in [0.5, 0.6) is 5.75 Å². The van der Waals surface area contributed by atoms with E-state index in [0.717, 1.165) is 16.7 Å². The zero-order chi connectivity index (χ0) is 31.1. The largest absolute Gasteiger partial charge is 0.444 e. The highest BCUT2D eigenvalue weighted by molar-refractivity contribution is 5.84. The zero-order valence-electron chi connectivity index (χ0n) is 25.2. The van der Waals surface area contributed by atoms with E-state index in [1.54, 1.807) is 47.2 Å². The van der Waals surface area contributed by atoms with E-state index < -0.39 is 12.2 Å². The van der Waals surface area contributed by atoms with Crippen LogP contribution < -0.4 is 15.2 Å². The number of hydrogen-bond donors (Lipinski definition) is 0. The molecule has 12 heteroatoms. The number of ether oxygens (including phenoxy) is 2. The SMILES string of the molecule is Cc1ccc(OC(F)F)c(Cn2c3cc(-c4cnc(N5CCN(C(=O)OC(C)(C)C)[C@H](C)C5)nc4)ccc3c(=O)n2C)c1. The van der Waals surface area contributed by atoms with Crippen molar-refractivity contribution in [2.24, 2.45) is 7.05 Å². The number of carbonyl (C=O) groups is 1. The Morgan fingerprint density at radius 2 is 1.79 bits per heavy atom. The van der Waals surface area contributed by atoms with Crippen LogP contribution in [0.4, 0.5) is 19.5 Å². The van der Waals surface area contributed by atoms with Gasteiger partial charge in [0.2, 0.25) is 5.95 Å². The van der Waals surface area contributed by atoms with Gasteiger partial charge in [-0.25, -0.2) is 14.8 Å². The molecule has 2 aromatic carbocycles. The van der Waals surface area contributed by atoms with Crippen LogP contribution in [-0.2, 0) is 18.3 Å². The quantitative estimate of drug-likeness (QED) is 0.303. The minimum atomic E-state index is -2.96. The summed E-state index contributed by atoms with van der Waals surface area (Å²) in [6.07, 6.45) is 3.13. The van der Waals surface area contributed by atoms with Crippen molar-refractivity contribution in [1.29, 1.82) is 0 Å². The lowest BCUT2D eigenvalue weighted by Crippen LogP contribution is -2.55. The Bertz CT molecular complexity index is 1690. The second-order valence-corrected chi connectivity index (χ2v) is 11.8. The van der Waals surface area contributed by atoms with Crippen LogP contribution in [0.25, 0.3) is 22.0 Å². The molecule has 1 aliphatic heterocycles. The number of alkyl halides is 2. The summed E-state index contributed by atoms with van der Waals surface area (Å²) in [5, 5.41) is 0.504. The van der Waals surface area contributed by atoms with Gasteiger partial charge >= 0.3 is 12.7 Å². The van der Waals surface area contributed by atoms with Gasteiger partial charge in [-0.05, 0) is 58.4 Å². The third kappa shape index (κ3) is 6.47. The molecular weight excluding hydrogens is 558 g/mol. The molecule has 0 unspecified atom stereocenters. The molecule has 1 fully saturated rings. The molecule has 0 N–H and O–H groups in total. The molecule has 3 heterocycles. The molecule has 228 valence electrons. The number of aryl methyl sites for hydroxylation is 1. The molecule has 0 saturated carbocycles. The smallest absolute Gasteiger partial charge is 0.410 e. The van der Waals surface area contributed by atoms with Crippen molar-refractivity contribution in [2.75, 3.05) is 24.5 Å². The summed E-state index contributed by atoms with van der Waals surface area (Å²) < 4.78 is 39.6. The van der Waals surface area contributed by atoms with Crippen LogP contribution >= 0.6 is 0 Å². The van der Waals surface area contributed by atoms with Crippen molar-refractivity contribution in [3.63, 3.8) is 0 Å². The number of nitrogens with zero attached hydrogens (tertiary/aromatic N) is 6. The summed E-state index contributed by atoms with van der Waals surface area (Å²) in [6.45, 7) is 8.21. The molecule has 1 saturated heterocycles. The maximum atomic E-state index is 13.1. The minimum absolute atomic E-state index is 0.0660. The summed E-state index contributed by atoms with van der Waals surface area (Å²) in [4.78, 5) is 38.6. The van der Waals surface area contributed by atoms with E-state index in [1.807, 2.05) is 51.7 Å². The Hall–Kier alpha value is -4.48. The van der Waals surface area contributed by atoms with Crippen LogP contribution in [-0.4, -0.2) is 68.2 Å². The fourth-order valence-electron chi connectivity index (χ4n) is 5.31. The predicted molar refractivity (Wildman–Crippen MR) is 160 cm³/mol. The number of aromatic nitrogens is 4.